The lowest BCUT2D eigenvalue weighted by Gasteiger charge is -2.15. The van der Waals surface area contributed by atoms with Crippen molar-refractivity contribution in [1.82, 2.24) is 0 Å². The van der Waals surface area contributed by atoms with Crippen molar-refractivity contribution in [2.24, 2.45) is 0 Å². The quantitative estimate of drug-likeness (QED) is 0.526. The highest BCUT2D eigenvalue weighted by atomic mass is 127. The van der Waals surface area contributed by atoms with E-state index < -0.39 is 0 Å². The van der Waals surface area contributed by atoms with Gasteiger partial charge in [0.05, 0.1) is 0 Å². The van der Waals surface area contributed by atoms with Crippen LogP contribution in [0, 0.1) is 0 Å². The van der Waals surface area contributed by atoms with Crippen LogP contribution >= 0.6 is 22.6 Å². The molecule has 0 nitrogen and oxygen atoms in total. The highest BCUT2D eigenvalue weighted by Crippen LogP contribution is 2.29. The van der Waals surface area contributed by atoms with Crippen molar-refractivity contribution in [3.8, 4) is 0 Å². The van der Waals surface area contributed by atoms with E-state index in [-0.39, 0.29) is 3.42 Å². The van der Waals surface area contributed by atoms with Crippen molar-refractivity contribution in [2.45, 2.75) is 17.3 Å². The van der Waals surface area contributed by atoms with E-state index in [1.807, 2.05) is 6.07 Å². The van der Waals surface area contributed by atoms with Crippen LogP contribution in [0.1, 0.15) is 19.4 Å². The fraction of sp³-hybridized carbons (Fsp3) is 0.333. The van der Waals surface area contributed by atoms with Crippen molar-refractivity contribution >= 4 is 22.6 Å². The Hall–Kier alpha value is -0.0500. The van der Waals surface area contributed by atoms with Crippen molar-refractivity contribution in [2.75, 3.05) is 0 Å². The minimum absolute atomic E-state index is 0.263. The Kier molecular flexibility index (Phi) is 2.34. The molecule has 0 aliphatic heterocycles. The molecule has 0 saturated heterocycles. The van der Waals surface area contributed by atoms with Crippen LogP contribution in [-0.2, 0) is 3.42 Å². The summed E-state index contributed by atoms with van der Waals surface area (Å²) in [5, 5.41) is 0. The molecule has 0 bridgehead atoms. The second-order valence-corrected chi connectivity index (χ2v) is 5.54. The third-order valence-corrected chi connectivity index (χ3v) is 2.08. The van der Waals surface area contributed by atoms with Crippen LogP contribution in [0.3, 0.4) is 0 Å². The van der Waals surface area contributed by atoms with Gasteiger partial charge in [0.25, 0.3) is 0 Å². The van der Waals surface area contributed by atoms with E-state index in [1.165, 1.54) is 5.56 Å². The topological polar surface area (TPSA) is 0 Å². The van der Waals surface area contributed by atoms with Gasteiger partial charge in [-0.05, 0) is 19.4 Å². The van der Waals surface area contributed by atoms with Gasteiger partial charge in [0.2, 0.25) is 0 Å². The third-order valence-electron chi connectivity index (χ3n) is 1.46. The van der Waals surface area contributed by atoms with Gasteiger partial charge in [-0.1, -0.05) is 52.9 Å². The molecule has 10 heavy (non-hydrogen) atoms. The maximum Gasteiger partial charge on any atom is 0.0414 e. The zero-order chi connectivity index (χ0) is 7.61. The number of halogens is 1. The molecule has 0 fully saturated rings. The zero-order valence-corrected chi connectivity index (χ0v) is 8.42. The first-order valence-electron chi connectivity index (χ1n) is 3.35. The van der Waals surface area contributed by atoms with Gasteiger partial charge in [0.1, 0.15) is 0 Å². The fourth-order valence-corrected chi connectivity index (χ4v) is 1.19. The molecule has 0 radical (unpaired) electrons. The molecule has 0 unspecified atom stereocenters. The highest BCUT2D eigenvalue weighted by Gasteiger charge is 2.13. The van der Waals surface area contributed by atoms with Crippen LogP contribution in [0.25, 0.3) is 0 Å². The molecule has 0 aromatic heterocycles. The van der Waals surface area contributed by atoms with Crippen LogP contribution in [-0.4, -0.2) is 0 Å². The molecule has 0 atom stereocenters. The normalized spacial score (nSPS) is 11.5. The summed E-state index contributed by atoms with van der Waals surface area (Å²) >= 11 is 2.44. The number of benzene rings is 1. The summed E-state index contributed by atoms with van der Waals surface area (Å²) in [7, 11) is 0. The van der Waals surface area contributed by atoms with E-state index in [0.717, 1.165) is 0 Å². The minimum atomic E-state index is 0.263. The van der Waals surface area contributed by atoms with E-state index in [0.29, 0.717) is 0 Å². The first-order chi connectivity index (χ1) is 4.61. The smallest absolute Gasteiger partial charge is 0.0414 e. The van der Waals surface area contributed by atoms with Crippen molar-refractivity contribution in [3.05, 3.63) is 35.9 Å². The molecule has 0 heterocycles. The van der Waals surface area contributed by atoms with Gasteiger partial charge in [0.15, 0.2) is 0 Å². The van der Waals surface area contributed by atoms with Gasteiger partial charge >= 0.3 is 0 Å². The third kappa shape index (κ3) is 1.97. The van der Waals surface area contributed by atoms with Gasteiger partial charge in [0, 0.05) is 3.42 Å². The number of alkyl halides is 1. The summed E-state index contributed by atoms with van der Waals surface area (Å²) in [5.41, 5.74) is 1.38. The molecular formula is C9H11I. The lowest BCUT2D eigenvalue weighted by Crippen LogP contribution is -2.05. The average molecular weight is 246 g/mol. The number of hydrogen-bond acceptors (Lipinski definition) is 0. The average Bonchev–Trinajstić information content (AvgIpc) is 1.88. The Bertz CT molecular complexity index is 196. The zero-order valence-electron chi connectivity index (χ0n) is 6.26. The maximum atomic E-state index is 2.44. The summed E-state index contributed by atoms with van der Waals surface area (Å²) in [4.78, 5) is 0. The molecule has 0 aliphatic carbocycles. The maximum absolute atomic E-state index is 2.44. The second kappa shape index (κ2) is 2.91. The molecule has 0 N–H and O–H groups in total. The van der Waals surface area contributed by atoms with Crippen LogP contribution in [0.4, 0.5) is 0 Å². The first-order valence-corrected chi connectivity index (χ1v) is 4.43. The number of hydrogen-bond donors (Lipinski definition) is 0. The molecule has 1 rings (SSSR count). The minimum Gasteiger partial charge on any atom is -0.0743 e. The predicted octanol–water partition coefficient (Wildman–Crippen LogP) is 3.36. The van der Waals surface area contributed by atoms with Crippen molar-refractivity contribution in [3.63, 3.8) is 0 Å². The Labute approximate surface area is 75.8 Å². The summed E-state index contributed by atoms with van der Waals surface area (Å²) in [6.45, 7) is 4.42. The monoisotopic (exact) mass is 246 g/mol. The van der Waals surface area contributed by atoms with E-state index in [4.69, 9.17) is 0 Å². The summed E-state index contributed by atoms with van der Waals surface area (Å²) in [6, 6.07) is 10.5. The Balaban J connectivity index is 2.97. The van der Waals surface area contributed by atoms with Crippen LogP contribution in [0.2, 0.25) is 0 Å². The summed E-state index contributed by atoms with van der Waals surface area (Å²) in [6.07, 6.45) is 0. The first kappa shape index (κ1) is 8.05. The van der Waals surface area contributed by atoms with Crippen LogP contribution in [0.15, 0.2) is 30.3 Å². The lowest BCUT2D eigenvalue weighted by atomic mass is 10.0. The number of rotatable bonds is 1. The molecule has 1 aromatic carbocycles. The summed E-state index contributed by atoms with van der Waals surface area (Å²) in [5.74, 6) is 0. The molecule has 1 aromatic rings. The fourth-order valence-electron chi connectivity index (χ4n) is 0.834. The van der Waals surface area contributed by atoms with Gasteiger partial charge < -0.3 is 0 Å². The SMILES string of the molecule is CC(C)(I)c1ccccc1. The lowest BCUT2D eigenvalue weighted by molar-refractivity contribution is 0.827. The van der Waals surface area contributed by atoms with Crippen LogP contribution in [0.5, 0.6) is 0 Å². The second-order valence-electron chi connectivity index (χ2n) is 2.84. The van der Waals surface area contributed by atoms with Crippen molar-refractivity contribution < 1.29 is 0 Å². The standard InChI is InChI=1S/C9H11I/c1-9(2,10)8-6-4-3-5-7-8/h3-7H,1-2H3. The van der Waals surface area contributed by atoms with E-state index in [2.05, 4.69) is 60.7 Å². The Morgan fingerprint density at radius 1 is 1.10 bits per heavy atom. The molecule has 0 spiro atoms. The Morgan fingerprint density at radius 3 is 1.90 bits per heavy atom. The van der Waals surface area contributed by atoms with Gasteiger partial charge in [-0.2, -0.15) is 0 Å². The molecule has 0 aliphatic rings. The molecule has 0 saturated carbocycles. The molecule has 0 amide bonds. The van der Waals surface area contributed by atoms with Gasteiger partial charge in [-0.15, -0.1) is 0 Å². The Morgan fingerprint density at radius 2 is 1.60 bits per heavy atom. The van der Waals surface area contributed by atoms with Crippen LogP contribution < -0.4 is 0 Å². The van der Waals surface area contributed by atoms with E-state index >= 15 is 0 Å². The van der Waals surface area contributed by atoms with Gasteiger partial charge in [-0.25, -0.2) is 0 Å². The van der Waals surface area contributed by atoms with E-state index in [9.17, 15) is 0 Å². The van der Waals surface area contributed by atoms with Crippen molar-refractivity contribution in [1.29, 1.82) is 0 Å². The molecule has 54 valence electrons. The van der Waals surface area contributed by atoms with Gasteiger partial charge in [-0.3, -0.25) is 0 Å². The largest absolute Gasteiger partial charge is 0.0743 e. The molecule has 1 heteroatoms. The molecular weight excluding hydrogens is 235 g/mol. The van der Waals surface area contributed by atoms with E-state index in [1.54, 1.807) is 0 Å². The predicted molar refractivity (Wildman–Crippen MR) is 53.5 cm³/mol. The highest BCUT2D eigenvalue weighted by molar-refractivity contribution is 14.1. The summed E-state index contributed by atoms with van der Waals surface area (Å²) < 4.78 is 0.263.